The molecule has 0 aliphatic carbocycles. The van der Waals surface area contributed by atoms with Gasteiger partial charge in [0.05, 0.1) is 18.2 Å². The molecule has 1 aromatic carbocycles. The van der Waals surface area contributed by atoms with Crippen molar-refractivity contribution in [3.05, 3.63) is 28.6 Å². The third-order valence-electron chi connectivity index (χ3n) is 3.43. The standard InChI is InChI=1S/C17H24N2O3/c1-5-6-9-21-15-13-8-7-12(18)10-14(13)19(4)17(20)16(15)22-11(2)3/h7-8,10-11H,5-6,9,18H2,1-4H3. The van der Waals surface area contributed by atoms with Crippen LogP contribution in [0, 0.1) is 0 Å². The molecule has 5 heteroatoms. The summed E-state index contributed by atoms with van der Waals surface area (Å²) >= 11 is 0. The molecule has 0 fully saturated rings. The quantitative estimate of drug-likeness (QED) is 0.658. The van der Waals surface area contributed by atoms with Crippen LogP contribution in [0.25, 0.3) is 10.9 Å². The first-order valence-electron chi connectivity index (χ1n) is 7.67. The minimum absolute atomic E-state index is 0.104. The van der Waals surface area contributed by atoms with Crippen LogP contribution in [0.3, 0.4) is 0 Å². The Kier molecular flexibility index (Phi) is 4.96. The second-order valence-corrected chi connectivity index (χ2v) is 5.67. The van der Waals surface area contributed by atoms with Crippen LogP contribution in [-0.2, 0) is 7.05 Å². The monoisotopic (exact) mass is 304 g/mol. The summed E-state index contributed by atoms with van der Waals surface area (Å²) in [6.45, 7) is 6.43. The summed E-state index contributed by atoms with van der Waals surface area (Å²) in [7, 11) is 1.72. The molecule has 0 aliphatic rings. The Morgan fingerprint density at radius 2 is 2.00 bits per heavy atom. The number of hydrogen-bond acceptors (Lipinski definition) is 4. The maximum absolute atomic E-state index is 12.6. The predicted octanol–water partition coefficient (Wildman–Crippen LogP) is 3.09. The number of ether oxygens (including phenoxy) is 2. The van der Waals surface area contributed by atoms with Crippen LogP contribution < -0.4 is 20.8 Å². The maximum Gasteiger partial charge on any atom is 0.297 e. The van der Waals surface area contributed by atoms with Gasteiger partial charge in [-0.05, 0) is 38.5 Å². The van der Waals surface area contributed by atoms with E-state index in [1.165, 1.54) is 0 Å². The topological polar surface area (TPSA) is 66.5 Å². The number of nitrogens with two attached hydrogens (primary N) is 1. The lowest BCUT2D eigenvalue weighted by molar-refractivity contribution is 0.217. The lowest BCUT2D eigenvalue weighted by Gasteiger charge is -2.18. The highest BCUT2D eigenvalue weighted by Crippen LogP contribution is 2.34. The predicted molar refractivity (Wildman–Crippen MR) is 89.8 cm³/mol. The van der Waals surface area contributed by atoms with Crippen LogP contribution in [0.5, 0.6) is 11.5 Å². The van der Waals surface area contributed by atoms with Crippen molar-refractivity contribution in [1.82, 2.24) is 4.57 Å². The Morgan fingerprint density at radius 3 is 2.64 bits per heavy atom. The lowest BCUT2D eigenvalue weighted by atomic mass is 10.1. The van der Waals surface area contributed by atoms with Gasteiger partial charge in [0, 0.05) is 18.1 Å². The summed E-state index contributed by atoms with van der Waals surface area (Å²) in [6.07, 6.45) is 1.84. The van der Waals surface area contributed by atoms with Gasteiger partial charge in [-0.25, -0.2) is 0 Å². The van der Waals surface area contributed by atoms with Crippen molar-refractivity contribution in [2.75, 3.05) is 12.3 Å². The lowest BCUT2D eigenvalue weighted by Crippen LogP contribution is -2.23. The molecule has 2 aromatic rings. The van der Waals surface area contributed by atoms with Gasteiger partial charge in [0.1, 0.15) is 0 Å². The van der Waals surface area contributed by atoms with Gasteiger partial charge in [-0.1, -0.05) is 13.3 Å². The summed E-state index contributed by atoms with van der Waals surface area (Å²) < 4.78 is 13.2. The van der Waals surface area contributed by atoms with Crippen molar-refractivity contribution in [2.45, 2.75) is 39.7 Å². The van der Waals surface area contributed by atoms with Crippen molar-refractivity contribution < 1.29 is 9.47 Å². The molecule has 0 aliphatic heterocycles. The number of aryl methyl sites for hydroxylation is 1. The van der Waals surface area contributed by atoms with Crippen molar-refractivity contribution >= 4 is 16.6 Å². The number of benzene rings is 1. The van der Waals surface area contributed by atoms with Gasteiger partial charge in [0.2, 0.25) is 5.75 Å². The zero-order valence-electron chi connectivity index (χ0n) is 13.7. The number of rotatable bonds is 6. The fourth-order valence-corrected chi connectivity index (χ4v) is 2.30. The summed E-state index contributed by atoms with van der Waals surface area (Å²) in [5.41, 5.74) is 6.99. The van der Waals surface area contributed by atoms with Crippen LogP contribution in [0.2, 0.25) is 0 Å². The molecule has 22 heavy (non-hydrogen) atoms. The van der Waals surface area contributed by atoms with Gasteiger partial charge < -0.3 is 19.8 Å². The molecule has 0 amide bonds. The van der Waals surface area contributed by atoms with Crippen molar-refractivity contribution in [3.8, 4) is 11.5 Å². The van der Waals surface area contributed by atoms with Gasteiger partial charge in [0.25, 0.3) is 5.56 Å². The number of nitrogen functional groups attached to an aromatic ring is 1. The minimum Gasteiger partial charge on any atom is -0.489 e. The summed E-state index contributed by atoms with van der Waals surface area (Å²) in [5.74, 6) is 0.783. The highest BCUT2D eigenvalue weighted by molar-refractivity contribution is 5.90. The van der Waals surface area contributed by atoms with Crippen molar-refractivity contribution in [2.24, 2.45) is 7.05 Å². The third kappa shape index (κ3) is 3.18. The molecule has 0 saturated heterocycles. The van der Waals surface area contributed by atoms with Crippen molar-refractivity contribution in [3.63, 3.8) is 0 Å². The number of anilines is 1. The van der Waals surface area contributed by atoms with Crippen LogP contribution in [0.1, 0.15) is 33.6 Å². The smallest absolute Gasteiger partial charge is 0.297 e. The molecule has 120 valence electrons. The first-order chi connectivity index (χ1) is 10.5. The molecule has 0 saturated carbocycles. The molecular weight excluding hydrogens is 280 g/mol. The highest BCUT2D eigenvalue weighted by atomic mass is 16.5. The Hall–Kier alpha value is -2.17. The van der Waals surface area contributed by atoms with E-state index >= 15 is 0 Å². The molecule has 0 spiro atoms. The average Bonchev–Trinajstić information content (AvgIpc) is 2.47. The van der Waals surface area contributed by atoms with Gasteiger partial charge in [-0.2, -0.15) is 0 Å². The normalized spacial score (nSPS) is 11.1. The number of aromatic nitrogens is 1. The van der Waals surface area contributed by atoms with Gasteiger partial charge >= 0.3 is 0 Å². The number of fused-ring (bicyclic) bond motifs is 1. The molecule has 5 nitrogen and oxygen atoms in total. The first-order valence-corrected chi connectivity index (χ1v) is 7.67. The second kappa shape index (κ2) is 6.73. The minimum atomic E-state index is -0.210. The van der Waals surface area contributed by atoms with Crippen LogP contribution in [-0.4, -0.2) is 17.3 Å². The van der Waals surface area contributed by atoms with E-state index in [1.54, 1.807) is 23.7 Å². The summed E-state index contributed by atoms with van der Waals surface area (Å²) in [5, 5.41) is 0.836. The Balaban J connectivity index is 2.67. The number of nitrogens with zero attached hydrogens (tertiary/aromatic N) is 1. The summed E-state index contributed by atoms with van der Waals surface area (Å²) in [6, 6.07) is 5.46. The Morgan fingerprint density at radius 1 is 1.27 bits per heavy atom. The number of unbranched alkanes of at least 4 members (excludes halogenated alkanes) is 1. The van der Waals surface area contributed by atoms with Gasteiger partial charge in [0.15, 0.2) is 5.75 Å². The number of hydrogen-bond donors (Lipinski definition) is 1. The van der Waals surface area contributed by atoms with E-state index in [1.807, 2.05) is 19.9 Å². The van der Waals surface area contributed by atoms with E-state index in [9.17, 15) is 4.79 Å². The van der Waals surface area contributed by atoms with Crippen LogP contribution in [0.15, 0.2) is 23.0 Å². The Bertz CT molecular complexity index is 720. The zero-order chi connectivity index (χ0) is 16.3. The van der Waals surface area contributed by atoms with E-state index in [-0.39, 0.29) is 17.4 Å². The van der Waals surface area contributed by atoms with E-state index in [0.29, 0.717) is 18.0 Å². The Labute approximate surface area is 130 Å². The fraction of sp³-hybridized carbons (Fsp3) is 0.471. The van der Waals surface area contributed by atoms with Crippen LogP contribution >= 0.6 is 0 Å². The number of pyridine rings is 1. The SMILES string of the molecule is CCCCOc1c(OC(C)C)c(=O)n(C)c2cc(N)ccc12. The van der Waals surface area contributed by atoms with Gasteiger partial charge in [-0.3, -0.25) is 4.79 Å². The van der Waals surface area contributed by atoms with E-state index in [4.69, 9.17) is 15.2 Å². The molecule has 0 unspecified atom stereocenters. The molecular formula is C17H24N2O3. The van der Waals surface area contributed by atoms with Crippen LogP contribution in [0.4, 0.5) is 5.69 Å². The van der Waals surface area contributed by atoms with Crippen molar-refractivity contribution in [1.29, 1.82) is 0 Å². The van der Waals surface area contributed by atoms with E-state index in [2.05, 4.69) is 6.92 Å². The third-order valence-corrected chi connectivity index (χ3v) is 3.43. The molecule has 2 rings (SSSR count). The fourth-order valence-electron chi connectivity index (χ4n) is 2.30. The van der Waals surface area contributed by atoms with E-state index < -0.39 is 0 Å². The summed E-state index contributed by atoms with van der Waals surface area (Å²) in [4.78, 5) is 12.6. The largest absolute Gasteiger partial charge is 0.489 e. The highest BCUT2D eigenvalue weighted by Gasteiger charge is 2.19. The zero-order valence-corrected chi connectivity index (χ0v) is 13.7. The maximum atomic E-state index is 12.6. The molecule has 0 bridgehead atoms. The molecule has 0 radical (unpaired) electrons. The molecule has 0 atom stereocenters. The average molecular weight is 304 g/mol. The molecule has 2 N–H and O–H groups in total. The second-order valence-electron chi connectivity index (χ2n) is 5.67. The molecule has 1 heterocycles. The first kappa shape index (κ1) is 16.2. The molecule has 1 aromatic heterocycles. The van der Waals surface area contributed by atoms with Gasteiger partial charge in [-0.15, -0.1) is 0 Å². The van der Waals surface area contributed by atoms with E-state index in [0.717, 1.165) is 23.7 Å².